The topological polar surface area (TPSA) is 60.2 Å². The zero-order valence-corrected chi connectivity index (χ0v) is 12.6. The summed E-state index contributed by atoms with van der Waals surface area (Å²) in [6.07, 6.45) is 3.49. The van der Waals surface area contributed by atoms with Crippen LogP contribution in [0.1, 0.15) is 32.6 Å². The van der Waals surface area contributed by atoms with Gasteiger partial charge in [-0.3, -0.25) is 0 Å². The van der Waals surface area contributed by atoms with Gasteiger partial charge in [-0.05, 0) is 49.4 Å². The highest BCUT2D eigenvalue weighted by Gasteiger charge is 2.38. The van der Waals surface area contributed by atoms with Crippen molar-refractivity contribution < 1.29 is 12.8 Å². The summed E-state index contributed by atoms with van der Waals surface area (Å²) in [6, 6.07) is 5.29. The molecule has 0 saturated heterocycles. The van der Waals surface area contributed by atoms with Crippen molar-refractivity contribution in [3.05, 3.63) is 30.1 Å². The molecule has 3 unspecified atom stereocenters. The number of hydrogen-bond acceptors (Lipinski definition) is 3. The molecule has 1 saturated carbocycles. The van der Waals surface area contributed by atoms with Crippen LogP contribution in [0.3, 0.4) is 0 Å². The summed E-state index contributed by atoms with van der Waals surface area (Å²) in [4.78, 5) is 0.0812. The maximum absolute atomic E-state index is 13.3. The van der Waals surface area contributed by atoms with Crippen molar-refractivity contribution in [1.82, 2.24) is 0 Å². The average molecular weight is 299 g/mol. The van der Waals surface area contributed by atoms with Crippen molar-refractivity contribution in [2.24, 2.45) is 17.6 Å². The predicted molar refractivity (Wildman–Crippen MR) is 77.6 cm³/mol. The van der Waals surface area contributed by atoms with Crippen LogP contribution in [0.5, 0.6) is 0 Å². The number of halogens is 1. The van der Waals surface area contributed by atoms with Gasteiger partial charge in [0.25, 0.3) is 0 Å². The van der Waals surface area contributed by atoms with Gasteiger partial charge in [-0.15, -0.1) is 0 Å². The molecule has 2 N–H and O–H groups in total. The smallest absolute Gasteiger partial charge is 0.181 e. The fourth-order valence-electron chi connectivity index (χ4n) is 3.11. The van der Waals surface area contributed by atoms with Crippen molar-refractivity contribution in [1.29, 1.82) is 0 Å². The maximum Gasteiger partial charge on any atom is 0.181 e. The monoisotopic (exact) mass is 299 g/mol. The fourth-order valence-corrected chi connectivity index (χ4v) is 5.29. The van der Waals surface area contributed by atoms with Crippen molar-refractivity contribution in [2.45, 2.75) is 42.8 Å². The average Bonchev–Trinajstić information content (AvgIpc) is 2.46. The van der Waals surface area contributed by atoms with Crippen LogP contribution in [-0.2, 0) is 9.84 Å². The molecular formula is C15H22FNO2S. The third kappa shape index (κ3) is 3.04. The van der Waals surface area contributed by atoms with Gasteiger partial charge >= 0.3 is 0 Å². The van der Waals surface area contributed by atoms with E-state index in [1.54, 1.807) is 0 Å². The van der Waals surface area contributed by atoms with Crippen LogP contribution >= 0.6 is 0 Å². The molecule has 0 radical (unpaired) electrons. The van der Waals surface area contributed by atoms with Crippen molar-refractivity contribution in [3.63, 3.8) is 0 Å². The minimum atomic E-state index is -3.51. The highest BCUT2D eigenvalue weighted by atomic mass is 32.2. The van der Waals surface area contributed by atoms with Gasteiger partial charge in [0.2, 0.25) is 0 Å². The highest BCUT2D eigenvalue weighted by Crippen LogP contribution is 2.37. The Morgan fingerprint density at radius 3 is 2.70 bits per heavy atom. The van der Waals surface area contributed by atoms with Crippen molar-refractivity contribution in [2.75, 3.05) is 6.54 Å². The van der Waals surface area contributed by atoms with E-state index >= 15 is 0 Å². The van der Waals surface area contributed by atoms with Crippen LogP contribution in [0.2, 0.25) is 0 Å². The molecule has 1 fully saturated rings. The van der Waals surface area contributed by atoms with Gasteiger partial charge < -0.3 is 5.73 Å². The summed E-state index contributed by atoms with van der Waals surface area (Å²) in [5.41, 5.74) is 5.75. The molecule has 5 heteroatoms. The number of benzene rings is 1. The Kier molecular flexibility index (Phi) is 4.81. The molecule has 0 aromatic heterocycles. The normalized spacial score (nSPS) is 27.4. The lowest BCUT2D eigenvalue weighted by Crippen LogP contribution is -2.39. The van der Waals surface area contributed by atoms with E-state index in [4.69, 9.17) is 5.73 Å². The molecule has 2 rings (SSSR count). The largest absolute Gasteiger partial charge is 0.330 e. The molecule has 3 atom stereocenters. The maximum atomic E-state index is 13.3. The first-order chi connectivity index (χ1) is 9.48. The number of hydrogen-bond donors (Lipinski definition) is 1. The van der Waals surface area contributed by atoms with Crippen LogP contribution in [-0.4, -0.2) is 20.2 Å². The summed E-state index contributed by atoms with van der Waals surface area (Å²) in [5.74, 6) is -0.115. The second kappa shape index (κ2) is 6.22. The second-order valence-electron chi connectivity index (χ2n) is 5.62. The van der Waals surface area contributed by atoms with Crippen LogP contribution in [0.4, 0.5) is 4.39 Å². The van der Waals surface area contributed by atoms with E-state index < -0.39 is 20.9 Å². The molecule has 1 aliphatic rings. The van der Waals surface area contributed by atoms with Gasteiger partial charge in [-0.1, -0.05) is 25.8 Å². The summed E-state index contributed by atoms with van der Waals surface area (Å²) >= 11 is 0. The lowest BCUT2D eigenvalue weighted by molar-refractivity contribution is 0.275. The Bertz CT molecular complexity index is 559. The molecule has 0 heterocycles. The number of nitrogens with two attached hydrogens (primary N) is 1. The third-order valence-corrected chi connectivity index (χ3v) is 6.73. The van der Waals surface area contributed by atoms with Gasteiger partial charge in [0, 0.05) is 0 Å². The standard InChI is InChI=1S/C15H22FNO2S/c1-2-11-6-7-12(10-17)15(8-11)20(18,19)14-5-3-4-13(16)9-14/h3-5,9,11-12,15H,2,6-8,10,17H2,1H3. The molecular weight excluding hydrogens is 277 g/mol. The molecule has 0 aliphatic heterocycles. The van der Waals surface area contributed by atoms with Crippen LogP contribution in [0.15, 0.2) is 29.2 Å². The quantitative estimate of drug-likeness (QED) is 0.930. The second-order valence-corrected chi connectivity index (χ2v) is 7.79. The van der Waals surface area contributed by atoms with E-state index in [-0.39, 0.29) is 10.8 Å². The molecule has 0 spiro atoms. The molecule has 1 aliphatic carbocycles. The van der Waals surface area contributed by atoms with E-state index in [2.05, 4.69) is 6.92 Å². The molecule has 112 valence electrons. The van der Waals surface area contributed by atoms with Crippen LogP contribution < -0.4 is 5.73 Å². The fraction of sp³-hybridized carbons (Fsp3) is 0.600. The minimum absolute atomic E-state index is 0.0222. The number of sulfone groups is 1. The first kappa shape index (κ1) is 15.4. The molecule has 1 aromatic rings. The molecule has 1 aromatic carbocycles. The van der Waals surface area contributed by atoms with E-state index in [1.165, 1.54) is 18.2 Å². The van der Waals surface area contributed by atoms with Gasteiger partial charge in [0.1, 0.15) is 5.82 Å². The zero-order valence-electron chi connectivity index (χ0n) is 11.8. The van der Waals surface area contributed by atoms with Crippen molar-refractivity contribution in [3.8, 4) is 0 Å². The Labute approximate surface area is 120 Å². The van der Waals surface area contributed by atoms with E-state index in [0.29, 0.717) is 18.9 Å². The summed E-state index contributed by atoms with van der Waals surface area (Å²) in [7, 11) is -3.51. The first-order valence-corrected chi connectivity index (χ1v) is 8.73. The predicted octanol–water partition coefficient (Wildman–Crippen LogP) is 2.75. The van der Waals surface area contributed by atoms with Crippen LogP contribution in [0, 0.1) is 17.7 Å². The highest BCUT2D eigenvalue weighted by molar-refractivity contribution is 7.92. The SMILES string of the molecule is CCC1CCC(CN)C(S(=O)(=O)c2cccc(F)c2)C1. The molecule has 20 heavy (non-hydrogen) atoms. The first-order valence-electron chi connectivity index (χ1n) is 7.18. The minimum Gasteiger partial charge on any atom is -0.330 e. The van der Waals surface area contributed by atoms with Gasteiger partial charge in [-0.25, -0.2) is 12.8 Å². The molecule has 0 amide bonds. The lowest BCUT2D eigenvalue weighted by atomic mass is 9.80. The Balaban J connectivity index is 2.34. The Morgan fingerprint density at radius 1 is 1.35 bits per heavy atom. The Hall–Kier alpha value is -0.940. The van der Waals surface area contributed by atoms with Crippen molar-refractivity contribution >= 4 is 9.84 Å². The lowest BCUT2D eigenvalue weighted by Gasteiger charge is -2.34. The van der Waals surface area contributed by atoms with Gasteiger partial charge in [0.15, 0.2) is 9.84 Å². The zero-order chi connectivity index (χ0) is 14.8. The summed E-state index contributed by atoms with van der Waals surface area (Å²) < 4.78 is 38.8. The van der Waals surface area contributed by atoms with E-state index in [0.717, 1.165) is 25.3 Å². The Morgan fingerprint density at radius 2 is 2.10 bits per heavy atom. The van der Waals surface area contributed by atoms with E-state index in [9.17, 15) is 12.8 Å². The van der Waals surface area contributed by atoms with E-state index in [1.807, 2.05) is 0 Å². The van der Waals surface area contributed by atoms with Gasteiger partial charge in [-0.2, -0.15) is 0 Å². The summed E-state index contributed by atoms with van der Waals surface area (Å²) in [6.45, 7) is 2.45. The molecule has 0 bridgehead atoms. The van der Waals surface area contributed by atoms with Crippen LogP contribution in [0.25, 0.3) is 0 Å². The molecule has 3 nitrogen and oxygen atoms in total. The van der Waals surface area contributed by atoms with Gasteiger partial charge in [0.05, 0.1) is 10.1 Å². The summed E-state index contributed by atoms with van der Waals surface area (Å²) in [5, 5.41) is -0.479. The third-order valence-electron chi connectivity index (χ3n) is 4.44. The number of rotatable bonds is 4.